The third-order valence-electron chi connectivity index (χ3n) is 3.14. The lowest BCUT2D eigenvalue weighted by molar-refractivity contribution is -0.139. The van der Waals surface area contributed by atoms with Crippen molar-refractivity contribution in [1.82, 2.24) is 15.2 Å². The van der Waals surface area contributed by atoms with Gasteiger partial charge < -0.3 is 15.0 Å². The van der Waals surface area contributed by atoms with Crippen molar-refractivity contribution in [3.63, 3.8) is 0 Å². The zero-order valence-corrected chi connectivity index (χ0v) is 11.5. The zero-order valence-electron chi connectivity index (χ0n) is 11.5. The first-order valence-corrected chi connectivity index (χ1v) is 6.36. The van der Waals surface area contributed by atoms with Crippen molar-refractivity contribution in [2.45, 2.75) is 6.04 Å². The smallest absolute Gasteiger partial charge is 0.325 e. The van der Waals surface area contributed by atoms with E-state index < -0.39 is 12.0 Å². The molecule has 0 amide bonds. The highest BCUT2D eigenvalue weighted by Crippen LogP contribution is 2.25. The van der Waals surface area contributed by atoms with Crippen LogP contribution in [-0.2, 0) is 4.79 Å². The summed E-state index contributed by atoms with van der Waals surface area (Å²) in [6, 6.07) is 3.48. The fraction of sp³-hybridized carbons (Fsp3) is 0.357. The lowest BCUT2D eigenvalue weighted by Crippen LogP contribution is -2.33. The molecule has 0 bridgehead atoms. The van der Waals surface area contributed by atoms with Gasteiger partial charge in [0.25, 0.3) is 0 Å². The van der Waals surface area contributed by atoms with Crippen molar-refractivity contribution < 1.29 is 14.3 Å². The molecule has 0 spiro atoms. The molecule has 1 aromatic heterocycles. The van der Waals surface area contributed by atoms with Crippen LogP contribution >= 0.6 is 0 Å². The molecule has 3 N–H and O–H groups in total. The van der Waals surface area contributed by atoms with Crippen LogP contribution in [0.4, 0.5) is 4.39 Å². The Kier molecular flexibility index (Phi) is 4.36. The van der Waals surface area contributed by atoms with Crippen molar-refractivity contribution in [3.05, 3.63) is 35.8 Å². The SMILES string of the molecule is CN(C)CCNC(C(=O)O)c1c[nH]c2cc(F)ccc12. The second-order valence-corrected chi connectivity index (χ2v) is 4.96. The summed E-state index contributed by atoms with van der Waals surface area (Å²) in [4.78, 5) is 16.3. The van der Waals surface area contributed by atoms with Gasteiger partial charge in [-0.3, -0.25) is 10.1 Å². The van der Waals surface area contributed by atoms with Crippen molar-refractivity contribution in [2.24, 2.45) is 0 Å². The number of carboxylic acid groups (broad SMARTS) is 1. The van der Waals surface area contributed by atoms with Crippen molar-refractivity contribution >= 4 is 16.9 Å². The maximum atomic E-state index is 13.1. The first-order chi connectivity index (χ1) is 9.49. The molecule has 0 saturated carbocycles. The van der Waals surface area contributed by atoms with E-state index in [9.17, 15) is 14.3 Å². The van der Waals surface area contributed by atoms with Crippen LogP contribution in [0.25, 0.3) is 10.9 Å². The van der Waals surface area contributed by atoms with Gasteiger partial charge in [0, 0.05) is 35.8 Å². The summed E-state index contributed by atoms with van der Waals surface area (Å²) < 4.78 is 13.1. The largest absolute Gasteiger partial charge is 0.480 e. The monoisotopic (exact) mass is 279 g/mol. The van der Waals surface area contributed by atoms with Gasteiger partial charge in [0.1, 0.15) is 11.9 Å². The van der Waals surface area contributed by atoms with Crippen LogP contribution in [0.1, 0.15) is 11.6 Å². The molecule has 0 saturated heterocycles. The minimum atomic E-state index is -0.950. The summed E-state index contributed by atoms with van der Waals surface area (Å²) in [5, 5.41) is 13.1. The summed E-state index contributed by atoms with van der Waals surface area (Å²) in [6.45, 7) is 1.29. The predicted molar refractivity (Wildman–Crippen MR) is 75.2 cm³/mol. The highest BCUT2D eigenvalue weighted by atomic mass is 19.1. The quantitative estimate of drug-likeness (QED) is 0.751. The summed E-state index contributed by atoms with van der Waals surface area (Å²) >= 11 is 0. The Balaban J connectivity index is 2.25. The molecule has 108 valence electrons. The standard InChI is InChI=1S/C14H18FN3O2/c1-18(2)6-5-16-13(14(19)20)11-8-17-12-7-9(15)3-4-10(11)12/h3-4,7-8,13,16-17H,5-6H2,1-2H3,(H,19,20). The van der Waals surface area contributed by atoms with E-state index >= 15 is 0 Å². The number of aliphatic carboxylic acids is 1. The minimum absolute atomic E-state index is 0.349. The van der Waals surface area contributed by atoms with Gasteiger partial charge in [0.2, 0.25) is 0 Å². The maximum Gasteiger partial charge on any atom is 0.325 e. The average molecular weight is 279 g/mol. The van der Waals surface area contributed by atoms with E-state index in [2.05, 4.69) is 10.3 Å². The second kappa shape index (κ2) is 6.02. The molecule has 0 aliphatic carbocycles. The lowest BCUT2D eigenvalue weighted by atomic mass is 10.1. The number of likely N-dealkylation sites (N-methyl/N-ethyl adjacent to an activating group) is 1. The fourth-order valence-corrected chi connectivity index (χ4v) is 2.12. The van der Waals surface area contributed by atoms with Crippen LogP contribution in [0.2, 0.25) is 0 Å². The Morgan fingerprint density at radius 1 is 1.50 bits per heavy atom. The summed E-state index contributed by atoms with van der Waals surface area (Å²) in [5.41, 5.74) is 1.21. The van der Waals surface area contributed by atoms with Crippen LogP contribution in [0.3, 0.4) is 0 Å². The van der Waals surface area contributed by atoms with E-state index in [0.717, 1.165) is 11.9 Å². The molecule has 20 heavy (non-hydrogen) atoms. The van der Waals surface area contributed by atoms with E-state index in [1.165, 1.54) is 12.1 Å². The second-order valence-electron chi connectivity index (χ2n) is 4.96. The molecule has 6 heteroatoms. The molecule has 1 unspecified atom stereocenters. The fourth-order valence-electron chi connectivity index (χ4n) is 2.12. The van der Waals surface area contributed by atoms with Crippen molar-refractivity contribution in [2.75, 3.05) is 27.2 Å². The number of H-pyrrole nitrogens is 1. The Hall–Kier alpha value is -1.92. The van der Waals surface area contributed by atoms with Gasteiger partial charge in [0.15, 0.2) is 0 Å². The number of nitrogens with one attached hydrogen (secondary N) is 2. The molecule has 5 nitrogen and oxygen atoms in total. The van der Waals surface area contributed by atoms with E-state index in [1.54, 1.807) is 12.3 Å². The number of nitrogens with zero attached hydrogens (tertiary/aromatic N) is 1. The molecule has 1 atom stereocenters. The van der Waals surface area contributed by atoms with Crippen LogP contribution in [0, 0.1) is 5.82 Å². The minimum Gasteiger partial charge on any atom is -0.480 e. The van der Waals surface area contributed by atoms with Gasteiger partial charge in [-0.05, 0) is 32.3 Å². The number of fused-ring (bicyclic) bond motifs is 1. The van der Waals surface area contributed by atoms with Gasteiger partial charge in [0.05, 0.1) is 0 Å². The van der Waals surface area contributed by atoms with E-state index in [0.29, 0.717) is 17.6 Å². The van der Waals surface area contributed by atoms with E-state index in [1.807, 2.05) is 19.0 Å². The summed E-state index contributed by atoms with van der Waals surface area (Å²) in [7, 11) is 3.85. The number of carboxylic acids is 1. The molecule has 1 heterocycles. The number of aromatic nitrogens is 1. The van der Waals surface area contributed by atoms with Crippen molar-refractivity contribution in [1.29, 1.82) is 0 Å². The number of hydrogen-bond acceptors (Lipinski definition) is 3. The molecule has 0 aliphatic heterocycles. The van der Waals surface area contributed by atoms with Crippen LogP contribution in [0.5, 0.6) is 0 Å². The number of halogens is 1. The van der Waals surface area contributed by atoms with Crippen LogP contribution in [-0.4, -0.2) is 48.1 Å². The van der Waals surface area contributed by atoms with Gasteiger partial charge >= 0.3 is 5.97 Å². The Labute approximate surface area is 116 Å². The maximum absolute atomic E-state index is 13.1. The number of carbonyl (C=O) groups is 1. The zero-order chi connectivity index (χ0) is 14.7. The number of hydrogen-bond donors (Lipinski definition) is 3. The van der Waals surface area contributed by atoms with Crippen LogP contribution in [0.15, 0.2) is 24.4 Å². The number of rotatable bonds is 6. The Morgan fingerprint density at radius 2 is 2.25 bits per heavy atom. The molecule has 0 radical (unpaired) electrons. The molecule has 1 aromatic carbocycles. The highest BCUT2D eigenvalue weighted by molar-refractivity contribution is 5.89. The predicted octanol–water partition coefficient (Wildman–Crippen LogP) is 1.58. The highest BCUT2D eigenvalue weighted by Gasteiger charge is 2.22. The average Bonchev–Trinajstić information content (AvgIpc) is 2.76. The van der Waals surface area contributed by atoms with Crippen LogP contribution < -0.4 is 5.32 Å². The van der Waals surface area contributed by atoms with Gasteiger partial charge in [-0.15, -0.1) is 0 Å². The summed E-state index contributed by atoms with van der Waals surface area (Å²) in [5.74, 6) is -1.30. The molecular weight excluding hydrogens is 261 g/mol. The normalized spacial score (nSPS) is 13.0. The third-order valence-corrected chi connectivity index (χ3v) is 3.14. The Morgan fingerprint density at radius 3 is 2.90 bits per heavy atom. The first kappa shape index (κ1) is 14.5. The number of benzene rings is 1. The van der Waals surface area contributed by atoms with Gasteiger partial charge in [-0.2, -0.15) is 0 Å². The Bertz CT molecular complexity index is 609. The molecule has 0 fully saturated rings. The van der Waals surface area contributed by atoms with E-state index in [-0.39, 0.29) is 5.82 Å². The molecule has 2 aromatic rings. The lowest BCUT2D eigenvalue weighted by Gasteiger charge is -2.16. The molecular formula is C14H18FN3O2. The summed E-state index contributed by atoms with van der Waals surface area (Å²) in [6.07, 6.45) is 1.62. The third kappa shape index (κ3) is 3.15. The topological polar surface area (TPSA) is 68.4 Å². The van der Waals surface area contributed by atoms with Gasteiger partial charge in [-0.25, -0.2) is 4.39 Å². The molecule has 0 aliphatic rings. The first-order valence-electron chi connectivity index (χ1n) is 6.36. The van der Waals surface area contributed by atoms with E-state index in [4.69, 9.17) is 0 Å². The molecule has 2 rings (SSSR count). The van der Waals surface area contributed by atoms with Crippen molar-refractivity contribution in [3.8, 4) is 0 Å². The number of aromatic amines is 1. The van der Waals surface area contributed by atoms with Gasteiger partial charge in [-0.1, -0.05) is 0 Å².